The molecule has 0 N–H and O–H groups in total. The highest BCUT2D eigenvalue weighted by Crippen LogP contribution is 2.37. The first kappa shape index (κ1) is 14.8. The molecule has 0 fully saturated rings. The highest BCUT2D eigenvalue weighted by Gasteiger charge is 2.35. The lowest BCUT2D eigenvalue weighted by molar-refractivity contribution is -0.146. The van der Waals surface area contributed by atoms with Crippen LogP contribution in [0.4, 0.5) is 0 Å². The molecular weight excluding hydrogens is 254 g/mol. The third-order valence-corrected chi connectivity index (χ3v) is 3.94. The lowest BCUT2D eigenvalue weighted by Gasteiger charge is -2.30. The summed E-state index contributed by atoms with van der Waals surface area (Å²) < 4.78 is 7.07. The Morgan fingerprint density at radius 3 is 2.70 bits per heavy atom. The second-order valence-corrected chi connectivity index (χ2v) is 6.39. The third-order valence-electron chi connectivity index (χ3n) is 3.94. The van der Waals surface area contributed by atoms with Crippen molar-refractivity contribution in [2.45, 2.75) is 53.5 Å². The second kappa shape index (κ2) is 5.08. The maximum Gasteiger partial charge on any atom is 0.328 e. The molecule has 4 nitrogen and oxygen atoms in total. The van der Waals surface area contributed by atoms with E-state index in [2.05, 4.69) is 13.8 Å². The van der Waals surface area contributed by atoms with Crippen molar-refractivity contribution in [3.63, 3.8) is 0 Å². The highest BCUT2D eigenvalue weighted by molar-refractivity contribution is 5.99. The summed E-state index contributed by atoms with van der Waals surface area (Å²) in [5.74, 6) is -0.0704. The smallest absolute Gasteiger partial charge is 0.328 e. The number of rotatable bonds is 3. The lowest BCUT2D eigenvalue weighted by Crippen LogP contribution is -2.30. The maximum atomic E-state index is 12.3. The molecule has 4 heteroatoms. The van der Waals surface area contributed by atoms with E-state index in [0.29, 0.717) is 13.0 Å². The molecule has 0 spiro atoms. The van der Waals surface area contributed by atoms with Crippen LogP contribution in [-0.4, -0.2) is 22.9 Å². The van der Waals surface area contributed by atoms with Gasteiger partial charge in [0, 0.05) is 23.4 Å². The molecule has 0 saturated heterocycles. The van der Waals surface area contributed by atoms with Crippen LogP contribution in [0, 0.1) is 12.3 Å². The Morgan fingerprint density at radius 1 is 1.45 bits per heavy atom. The second-order valence-electron chi connectivity index (χ2n) is 6.39. The van der Waals surface area contributed by atoms with Crippen molar-refractivity contribution in [1.29, 1.82) is 0 Å². The van der Waals surface area contributed by atoms with Gasteiger partial charge in [0.05, 0.1) is 6.61 Å². The van der Waals surface area contributed by atoms with Gasteiger partial charge in [-0.3, -0.25) is 4.79 Å². The number of fused-ring (bicyclic) bond motifs is 1. The molecule has 1 atom stereocenters. The van der Waals surface area contributed by atoms with Crippen molar-refractivity contribution in [2.24, 2.45) is 5.41 Å². The van der Waals surface area contributed by atoms with Crippen molar-refractivity contribution >= 4 is 11.8 Å². The van der Waals surface area contributed by atoms with Crippen LogP contribution in [0.5, 0.6) is 0 Å². The van der Waals surface area contributed by atoms with Crippen LogP contribution < -0.4 is 0 Å². The van der Waals surface area contributed by atoms with Gasteiger partial charge in [-0.15, -0.1) is 0 Å². The standard InChI is InChI=1S/C16H23NO3/c1-6-20-15(19)11(3)17-10(2)7-12-13(17)8-16(4,5)9-14(12)18/h7,11H,6,8-9H2,1-5H3. The number of hydrogen-bond donors (Lipinski definition) is 0. The Morgan fingerprint density at radius 2 is 2.10 bits per heavy atom. The van der Waals surface area contributed by atoms with E-state index >= 15 is 0 Å². The van der Waals surface area contributed by atoms with E-state index in [0.717, 1.165) is 23.4 Å². The van der Waals surface area contributed by atoms with Crippen molar-refractivity contribution in [3.05, 3.63) is 23.0 Å². The average molecular weight is 277 g/mol. The Kier molecular flexibility index (Phi) is 3.76. The van der Waals surface area contributed by atoms with Crippen LogP contribution in [0.1, 0.15) is 61.9 Å². The van der Waals surface area contributed by atoms with Gasteiger partial charge in [0.1, 0.15) is 6.04 Å². The minimum Gasteiger partial charge on any atom is -0.464 e. The number of ketones is 1. The van der Waals surface area contributed by atoms with Gasteiger partial charge < -0.3 is 9.30 Å². The Balaban J connectivity index is 2.46. The Hall–Kier alpha value is -1.58. The average Bonchev–Trinajstić information content (AvgIpc) is 2.64. The minimum atomic E-state index is -0.389. The quantitative estimate of drug-likeness (QED) is 0.798. The molecule has 2 rings (SSSR count). The van der Waals surface area contributed by atoms with Gasteiger partial charge in [0.2, 0.25) is 0 Å². The SMILES string of the molecule is CCOC(=O)C(C)n1c(C)cc2c1CC(C)(C)CC2=O. The number of carbonyl (C=O) groups is 2. The third kappa shape index (κ3) is 2.51. The van der Waals surface area contributed by atoms with Gasteiger partial charge in [0.15, 0.2) is 5.78 Å². The van der Waals surface area contributed by atoms with E-state index in [4.69, 9.17) is 4.74 Å². The van der Waals surface area contributed by atoms with E-state index in [1.54, 1.807) is 6.92 Å². The van der Waals surface area contributed by atoms with Gasteiger partial charge in [-0.25, -0.2) is 4.79 Å². The molecule has 0 aliphatic heterocycles. The summed E-state index contributed by atoms with van der Waals surface area (Å²) >= 11 is 0. The summed E-state index contributed by atoms with van der Waals surface area (Å²) in [5.41, 5.74) is 2.64. The summed E-state index contributed by atoms with van der Waals surface area (Å²) in [6.45, 7) is 10.1. The number of Topliss-reactive ketones (excluding diaryl/α,β-unsaturated/α-hetero) is 1. The first-order valence-corrected chi connectivity index (χ1v) is 7.17. The van der Waals surface area contributed by atoms with Crippen LogP contribution in [0.2, 0.25) is 0 Å². The molecule has 1 aliphatic rings. The number of aromatic nitrogens is 1. The summed E-state index contributed by atoms with van der Waals surface area (Å²) in [6, 6.07) is 1.52. The van der Waals surface area contributed by atoms with Gasteiger partial charge in [-0.05, 0) is 38.7 Å². The van der Waals surface area contributed by atoms with E-state index in [1.165, 1.54) is 0 Å². The molecule has 1 aromatic heterocycles. The summed E-state index contributed by atoms with van der Waals surface area (Å²) in [4.78, 5) is 24.2. The first-order chi connectivity index (χ1) is 9.26. The molecular formula is C16H23NO3. The van der Waals surface area contributed by atoms with Crippen molar-refractivity contribution in [3.8, 4) is 0 Å². The number of nitrogens with zero attached hydrogens (tertiary/aromatic N) is 1. The molecule has 0 amide bonds. The zero-order valence-electron chi connectivity index (χ0n) is 12.9. The monoisotopic (exact) mass is 277 g/mol. The van der Waals surface area contributed by atoms with Crippen molar-refractivity contribution in [2.75, 3.05) is 6.61 Å². The molecule has 0 aromatic carbocycles. The molecule has 20 heavy (non-hydrogen) atoms. The van der Waals surface area contributed by atoms with Crippen LogP contribution in [0.15, 0.2) is 6.07 Å². The molecule has 1 unspecified atom stereocenters. The molecule has 110 valence electrons. The molecule has 0 radical (unpaired) electrons. The van der Waals surface area contributed by atoms with Gasteiger partial charge in [-0.2, -0.15) is 0 Å². The van der Waals surface area contributed by atoms with Crippen LogP contribution in [0.25, 0.3) is 0 Å². The predicted molar refractivity (Wildman–Crippen MR) is 76.9 cm³/mol. The molecule has 0 saturated carbocycles. The number of hydrogen-bond acceptors (Lipinski definition) is 3. The van der Waals surface area contributed by atoms with E-state index in [1.807, 2.05) is 24.5 Å². The van der Waals surface area contributed by atoms with E-state index in [-0.39, 0.29) is 23.2 Å². The van der Waals surface area contributed by atoms with Crippen LogP contribution in [0.3, 0.4) is 0 Å². The minimum absolute atomic E-state index is 0.0546. The summed E-state index contributed by atoms with van der Waals surface area (Å²) in [6.07, 6.45) is 1.38. The number of aryl methyl sites for hydroxylation is 1. The number of esters is 1. The van der Waals surface area contributed by atoms with Crippen LogP contribution >= 0.6 is 0 Å². The van der Waals surface area contributed by atoms with E-state index < -0.39 is 0 Å². The fourth-order valence-corrected chi connectivity index (χ4v) is 3.08. The Labute approximate surface area is 120 Å². The number of carbonyl (C=O) groups excluding carboxylic acids is 2. The zero-order valence-corrected chi connectivity index (χ0v) is 12.9. The summed E-state index contributed by atoms with van der Waals surface area (Å²) in [5, 5.41) is 0. The largest absolute Gasteiger partial charge is 0.464 e. The van der Waals surface area contributed by atoms with Crippen LogP contribution in [-0.2, 0) is 16.0 Å². The lowest BCUT2D eigenvalue weighted by atomic mass is 9.76. The molecule has 1 aromatic rings. The summed E-state index contributed by atoms with van der Waals surface area (Å²) in [7, 11) is 0. The fraction of sp³-hybridized carbons (Fsp3) is 0.625. The topological polar surface area (TPSA) is 48.3 Å². The van der Waals surface area contributed by atoms with Crippen molar-refractivity contribution in [1.82, 2.24) is 4.57 Å². The zero-order chi connectivity index (χ0) is 15.1. The van der Waals surface area contributed by atoms with Crippen molar-refractivity contribution < 1.29 is 14.3 Å². The molecule has 1 heterocycles. The number of ether oxygens (including phenoxy) is 1. The fourth-order valence-electron chi connectivity index (χ4n) is 3.08. The van der Waals surface area contributed by atoms with Gasteiger partial charge >= 0.3 is 5.97 Å². The molecule has 1 aliphatic carbocycles. The van der Waals surface area contributed by atoms with Gasteiger partial charge in [-0.1, -0.05) is 13.8 Å². The first-order valence-electron chi connectivity index (χ1n) is 7.17. The predicted octanol–water partition coefficient (Wildman–Crippen LogP) is 3.08. The van der Waals surface area contributed by atoms with Gasteiger partial charge in [0.25, 0.3) is 0 Å². The Bertz CT molecular complexity index is 554. The van der Waals surface area contributed by atoms with E-state index in [9.17, 15) is 9.59 Å². The highest BCUT2D eigenvalue weighted by atomic mass is 16.5. The normalized spacial score (nSPS) is 18.6. The molecule has 0 bridgehead atoms. The maximum absolute atomic E-state index is 12.3.